The average Bonchev–Trinajstić information content (AvgIpc) is 2.34. The van der Waals surface area contributed by atoms with Gasteiger partial charge in [0.1, 0.15) is 17.5 Å². The first kappa shape index (κ1) is 12.6. The summed E-state index contributed by atoms with van der Waals surface area (Å²) in [6, 6.07) is 0. The Balaban J connectivity index is 2.28. The highest BCUT2D eigenvalue weighted by Crippen LogP contribution is 2.26. The predicted molar refractivity (Wildman–Crippen MR) is 70.0 cm³/mol. The van der Waals surface area contributed by atoms with Crippen LogP contribution in [0.4, 0.5) is 11.6 Å². The van der Waals surface area contributed by atoms with E-state index in [4.69, 9.17) is 11.5 Å². The van der Waals surface area contributed by atoms with E-state index in [1.165, 1.54) is 0 Å². The molecular formula is C12H19N5O. The first-order chi connectivity index (χ1) is 8.49. The van der Waals surface area contributed by atoms with Crippen molar-refractivity contribution in [1.82, 2.24) is 9.97 Å². The van der Waals surface area contributed by atoms with Gasteiger partial charge in [0.25, 0.3) is 0 Å². The second-order valence-electron chi connectivity index (χ2n) is 4.79. The maximum atomic E-state index is 11.3. The van der Waals surface area contributed by atoms with Crippen molar-refractivity contribution in [3.8, 4) is 0 Å². The van der Waals surface area contributed by atoms with Crippen LogP contribution in [0.1, 0.15) is 24.2 Å². The molecule has 1 aromatic heterocycles. The summed E-state index contributed by atoms with van der Waals surface area (Å²) >= 11 is 0. The smallest absolute Gasteiger partial charge is 0.222 e. The molecule has 2 rings (SSSR count). The molecule has 0 radical (unpaired) electrons. The van der Waals surface area contributed by atoms with Crippen molar-refractivity contribution >= 4 is 17.5 Å². The number of anilines is 2. The molecule has 1 unspecified atom stereocenters. The number of piperidine rings is 1. The third-order valence-electron chi connectivity index (χ3n) is 3.39. The summed E-state index contributed by atoms with van der Waals surface area (Å²) < 4.78 is 0. The van der Waals surface area contributed by atoms with Gasteiger partial charge in [-0.15, -0.1) is 0 Å². The van der Waals surface area contributed by atoms with Crippen molar-refractivity contribution in [2.24, 2.45) is 11.7 Å². The van der Waals surface area contributed by atoms with Gasteiger partial charge >= 0.3 is 0 Å². The second-order valence-corrected chi connectivity index (χ2v) is 4.79. The largest absolute Gasteiger partial charge is 0.383 e. The zero-order valence-electron chi connectivity index (χ0n) is 10.8. The van der Waals surface area contributed by atoms with Crippen molar-refractivity contribution in [3.05, 3.63) is 11.4 Å². The van der Waals surface area contributed by atoms with Crippen molar-refractivity contribution < 1.29 is 4.79 Å². The fourth-order valence-electron chi connectivity index (χ4n) is 2.34. The highest BCUT2D eigenvalue weighted by atomic mass is 16.1. The number of nitrogen functional groups attached to an aromatic ring is 1. The molecule has 1 amide bonds. The Morgan fingerprint density at radius 3 is 2.78 bits per heavy atom. The summed E-state index contributed by atoms with van der Waals surface area (Å²) in [7, 11) is 0. The van der Waals surface area contributed by atoms with Gasteiger partial charge in [-0.05, 0) is 26.7 Å². The third-order valence-corrected chi connectivity index (χ3v) is 3.39. The lowest BCUT2D eigenvalue weighted by Crippen LogP contribution is -2.42. The third kappa shape index (κ3) is 2.37. The van der Waals surface area contributed by atoms with E-state index in [1.807, 2.05) is 13.8 Å². The van der Waals surface area contributed by atoms with Crippen LogP contribution in [-0.2, 0) is 4.79 Å². The molecule has 18 heavy (non-hydrogen) atoms. The average molecular weight is 249 g/mol. The first-order valence-electron chi connectivity index (χ1n) is 6.14. The lowest BCUT2D eigenvalue weighted by atomic mass is 9.97. The summed E-state index contributed by atoms with van der Waals surface area (Å²) in [6.07, 6.45) is 1.79. The van der Waals surface area contributed by atoms with E-state index < -0.39 is 0 Å². The predicted octanol–water partition coefficient (Wildman–Crippen LogP) is 0.377. The summed E-state index contributed by atoms with van der Waals surface area (Å²) in [5.74, 6) is 1.63. The molecule has 0 saturated carbocycles. The van der Waals surface area contributed by atoms with Gasteiger partial charge in [-0.1, -0.05) is 0 Å². The number of nitrogens with zero attached hydrogens (tertiary/aromatic N) is 3. The topological polar surface area (TPSA) is 98.1 Å². The minimum atomic E-state index is -0.240. The Morgan fingerprint density at radius 1 is 1.39 bits per heavy atom. The molecule has 2 heterocycles. The molecule has 6 heteroatoms. The minimum Gasteiger partial charge on any atom is -0.383 e. The van der Waals surface area contributed by atoms with E-state index in [9.17, 15) is 4.79 Å². The SMILES string of the molecule is Cc1nc(N)c(C)c(N2CCCC(C(N)=O)C2)n1. The van der Waals surface area contributed by atoms with Gasteiger partial charge in [-0.3, -0.25) is 4.79 Å². The highest BCUT2D eigenvalue weighted by molar-refractivity contribution is 5.77. The van der Waals surface area contributed by atoms with Crippen LogP contribution >= 0.6 is 0 Å². The number of aryl methyl sites for hydroxylation is 1. The fourth-order valence-corrected chi connectivity index (χ4v) is 2.34. The molecule has 0 spiro atoms. The molecule has 1 saturated heterocycles. The summed E-state index contributed by atoms with van der Waals surface area (Å²) in [6.45, 7) is 5.21. The summed E-state index contributed by atoms with van der Waals surface area (Å²) in [5.41, 5.74) is 12.1. The number of nitrogens with two attached hydrogens (primary N) is 2. The Morgan fingerprint density at radius 2 is 2.11 bits per heavy atom. The Bertz CT molecular complexity index is 474. The Kier molecular flexibility index (Phi) is 3.36. The normalized spacial score (nSPS) is 19.9. The molecule has 1 atom stereocenters. The van der Waals surface area contributed by atoms with Crippen LogP contribution < -0.4 is 16.4 Å². The Hall–Kier alpha value is -1.85. The van der Waals surface area contributed by atoms with Crippen molar-refractivity contribution in [3.63, 3.8) is 0 Å². The van der Waals surface area contributed by atoms with E-state index >= 15 is 0 Å². The van der Waals surface area contributed by atoms with Crippen LogP contribution in [0.5, 0.6) is 0 Å². The molecule has 6 nitrogen and oxygen atoms in total. The van der Waals surface area contributed by atoms with E-state index in [-0.39, 0.29) is 11.8 Å². The molecule has 0 bridgehead atoms. The van der Waals surface area contributed by atoms with E-state index in [0.29, 0.717) is 18.2 Å². The van der Waals surface area contributed by atoms with Crippen molar-refractivity contribution in [2.45, 2.75) is 26.7 Å². The van der Waals surface area contributed by atoms with Crippen LogP contribution in [0.15, 0.2) is 0 Å². The molecule has 1 fully saturated rings. The van der Waals surface area contributed by atoms with Gasteiger partial charge in [0.05, 0.1) is 5.92 Å². The summed E-state index contributed by atoms with van der Waals surface area (Å²) in [5, 5.41) is 0. The van der Waals surface area contributed by atoms with E-state index in [1.54, 1.807) is 0 Å². The van der Waals surface area contributed by atoms with Crippen LogP contribution in [0.2, 0.25) is 0 Å². The van der Waals surface area contributed by atoms with Gasteiger partial charge in [0.2, 0.25) is 5.91 Å². The maximum Gasteiger partial charge on any atom is 0.222 e. The standard InChI is InChI=1S/C12H19N5O/c1-7-10(13)15-8(2)16-12(7)17-5-3-4-9(6-17)11(14)18/h9H,3-6H2,1-2H3,(H2,14,18)(H2,13,15,16). The quantitative estimate of drug-likeness (QED) is 0.789. The number of hydrogen-bond donors (Lipinski definition) is 2. The number of amides is 1. The molecule has 0 aliphatic carbocycles. The molecule has 98 valence electrons. The maximum absolute atomic E-state index is 11.3. The van der Waals surface area contributed by atoms with Gasteiger partial charge in [0, 0.05) is 18.7 Å². The lowest BCUT2D eigenvalue weighted by molar-refractivity contribution is -0.122. The van der Waals surface area contributed by atoms with Gasteiger partial charge in [-0.25, -0.2) is 9.97 Å². The number of hydrogen-bond acceptors (Lipinski definition) is 5. The van der Waals surface area contributed by atoms with Crippen LogP contribution in [0, 0.1) is 19.8 Å². The van der Waals surface area contributed by atoms with Crippen molar-refractivity contribution in [2.75, 3.05) is 23.7 Å². The number of rotatable bonds is 2. The number of aromatic nitrogens is 2. The first-order valence-corrected chi connectivity index (χ1v) is 6.14. The molecule has 1 aliphatic heterocycles. The number of primary amides is 1. The van der Waals surface area contributed by atoms with Gasteiger partial charge < -0.3 is 16.4 Å². The van der Waals surface area contributed by atoms with Crippen molar-refractivity contribution in [1.29, 1.82) is 0 Å². The van der Waals surface area contributed by atoms with Gasteiger partial charge in [-0.2, -0.15) is 0 Å². The Labute approximate surface area is 106 Å². The minimum absolute atomic E-state index is 0.102. The fraction of sp³-hybridized carbons (Fsp3) is 0.583. The monoisotopic (exact) mass is 249 g/mol. The van der Waals surface area contributed by atoms with Gasteiger partial charge in [0.15, 0.2) is 0 Å². The molecule has 1 aliphatic rings. The zero-order chi connectivity index (χ0) is 13.3. The summed E-state index contributed by atoms with van der Waals surface area (Å²) in [4.78, 5) is 21.9. The van der Waals surface area contributed by atoms with Crippen LogP contribution in [0.25, 0.3) is 0 Å². The number of carbonyl (C=O) groups is 1. The van der Waals surface area contributed by atoms with Crippen LogP contribution in [0.3, 0.4) is 0 Å². The molecule has 4 N–H and O–H groups in total. The molecule has 1 aromatic rings. The zero-order valence-corrected chi connectivity index (χ0v) is 10.8. The molecular weight excluding hydrogens is 230 g/mol. The second kappa shape index (κ2) is 4.80. The van der Waals surface area contributed by atoms with E-state index in [2.05, 4.69) is 14.9 Å². The highest BCUT2D eigenvalue weighted by Gasteiger charge is 2.26. The van der Waals surface area contributed by atoms with Crippen LogP contribution in [-0.4, -0.2) is 29.0 Å². The lowest BCUT2D eigenvalue weighted by Gasteiger charge is -2.33. The molecule has 0 aromatic carbocycles. The van der Waals surface area contributed by atoms with E-state index in [0.717, 1.165) is 30.8 Å². The number of carbonyl (C=O) groups excluding carboxylic acids is 1.